The highest BCUT2D eigenvalue weighted by atomic mass is 35.5. The van der Waals surface area contributed by atoms with Gasteiger partial charge in [0.1, 0.15) is 0 Å². The molecule has 0 saturated heterocycles. The molecule has 3 aromatic rings. The maximum atomic E-state index is 13.1. The van der Waals surface area contributed by atoms with E-state index in [0.29, 0.717) is 11.4 Å². The second-order valence-corrected chi connectivity index (χ2v) is 9.10. The van der Waals surface area contributed by atoms with Crippen LogP contribution in [-0.4, -0.2) is 31.7 Å². The lowest BCUT2D eigenvalue weighted by Gasteiger charge is -2.22. The highest BCUT2D eigenvalue weighted by Crippen LogP contribution is 2.17. The van der Waals surface area contributed by atoms with E-state index in [1.54, 1.807) is 24.3 Å². The van der Waals surface area contributed by atoms with E-state index in [2.05, 4.69) is 5.32 Å². The lowest BCUT2D eigenvalue weighted by atomic mass is 10.1. The fraction of sp³-hybridized carbons (Fsp3) is 0.174. The molecule has 30 heavy (non-hydrogen) atoms. The van der Waals surface area contributed by atoms with Gasteiger partial charge < -0.3 is 5.32 Å². The zero-order valence-corrected chi connectivity index (χ0v) is 17.9. The predicted molar refractivity (Wildman–Crippen MR) is 119 cm³/mol. The van der Waals surface area contributed by atoms with Crippen molar-refractivity contribution in [1.29, 1.82) is 0 Å². The standard InChI is InChI=1S/C23H23ClN2O3S/c24-22-14-8-7-11-20(22)17-25-23(27)18-26(16-15-19-9-3-1-4-10-19)30(28,29)21-12-5-2-6-13-21/h1-14H,15-18H2,(H,25,27). The molecule has 156 valence electrons. The molecule has 3 rings (SSSR count). The predicted octanol–water partition coefficient (Wildman–Crippen LogP) is 3.89. The average molecular weight is 443 g/mol. The van der Waals surface area contributed by atoms with E-state index in [-0.39, 0.29) is 30.4 Å². The zero-order chi connectivity index (χ0) is 21.4. The van der Waals surface area contributed by atoms with Crippen LogP contribution in [0.15, 0.2) is 89.8 Å². The first-order valence-electron chi connectivity index (χ1n) is 9.56. The Balaban J connectivity index is 1.73. The monoisotopic (exact) mass is 442 g/mol. The number of carbonyl (C=O) groups is 1. The fourth-order valence-electron chi connectivity index (χ4n) is 2.98. The molecule has 1 N–H and O–H groups in total. The first-order valence-corrected chi connectivity index (χ1v) is 11.4. The summed E-state index contributed by atoms with van der Waals surface area (Å²) in [5.74, 6) is -0.387. The van der Waals surface area contributed by atoms with Crippen LogP contribution in [0, 0.1) is 0 Å². The quantitative estimate of drug-likeness (QED) is 0.546. The van der Waals surface area contributed by atoms with E-state index >= 15 is 0 Å². The Kier molecular flexibility index (Phi) is 7.63. The topological polar surface area (TPSA) is 66.5 Å². The number of halogens is 1. The van der Waals surface area contributed by atoms with Gasteiger partial charge in [0.2, 0.25) is 15.9 Å². The second kappa shape index (κ2) is 10.4. The molecule has 0 atom stereocenters. The van der Waals surface area contributed by atoms with Gasteiger partial charge in [0, 0.05) is 18.1 Å². The van der Waals surface area contributed by atoms with Crippen LogP contribution >= 0.6 is 11.6 Å². The summed E-state index contributed by atoms with van der Waals surface area (Å²) >= 11 is 6.13. The number of amides is 1. The van der Waals surface area contributed by atoms with Crippen LogP contribution in [0.4, 0.5) is 0 Å². The van der Waals surface area contributed by atoms with Crippen molar-refractivity contribution in [2.75, 3.05) is 13.1 Å². The number of rotatable bonds is 9. The molecular weight excluding hydrogens is 420 g/mol. The molecule has 5 nitrogen and oxygen atoms in total. The van der Waals surface area contributed by atoms with Crippen molar-refractivity contribution >= 4 is 27.5 Å². The van der Waals surface area contributed by atoms with E-state index in [0.717, 1.165) is 11.1 Å². The van der Waals surface area contributed by atoms with Gasteiger partial charge in [-0.05, 0) is 35.7 Å². The van der Waals surface area contributed by atoms with Crippen molar-refractivity contribution < 1.29 is 13.2 Å². The van der Waals surface area contributed by atoms with E-state index in [4.69, 9.17) is 11.6 Å². The minimum Gasteiger partial charge on any atom is -0.351 e. The lowest BCUT2D eigenvalue weighted by Crippen LogP contribution is -2.41. The summed E-state index contributed by atoms with van der Waals surface area (Å²) in [6, 6.07) is 24.9. The van der Waals surface area contributed by atoms with Gasteiger partial charge in [0.05, 0.1) is 11.4 Å². The van der Waals surface area contributed by atoms with Crippen molar-refractivity contribution in [2.24, 2.45) is 0 Å². The van der Waals surface area contributed by atoms with Crippen LogP contribution < -0.4 is 5.32 Å². The van der Waals surface area contributed by atoms with E-state index in [1.807, 2.05) is 48.5 Å². The smallest absolute Gasteiger partial charge is 0.243 e. The zero-order valence-electron chi connectivity index (χ0n) is 16.4. The number of nitrogens with zero attached hydrogens (tertiary/aromatic N) is 1. The van der Waals surface area contributed by atoms with Gasteiger partial charge in [0.15, 0.2) is 0 Å². The number of benzene rings is 3. The Bertz CT molecular complexity index is 1070. The Morgan fingerprint density at radius 1 is 0.867 bits per heavy atom. The minimum atomic E-state index is -3.81. The first-order chi connectivity index (χ1) is 14.5. The SMILES string of the molecule is O=C(CN(CCc1ccccc1)S(=O)(=O)c1ccccc1)NCc1ccccc1Cl. The van der Waals surface area contributed by atoms with Crippen LogP contribution in [0.1, 0.15) is 11.1 Å². The van der Waals surface area contributed by atoms with Crippen LogP contribution in [-0.2, 0) is 27.8 Å². The minimum absolute atomic E-state index is 0.164. The van der Waals surface area contributed by atoms with E-state index in [9.17, 15) is 13.2 Å². The third-order valence-electron chi connectivity index (χ3n) is 4.63. The third-order valence-corrected chi connectivity index (χ3v) is 6.86. The molecule has 0 spiro atoms. The van der Waals surface area contributed by atoms with Gasteiger partial charge in [-0.25, -0.2) is 8.42 Å². The number of carbonyl (C=O) groups excluding carboxylic acids is 1. The van der Waals surface area contributed by atoms with Crippen LogP contribution in [0.5, 0.6) is 0 Å². The van der Waals surface area contributed by atoms with Crippen molar-refractivity contribution in [3.8, 4) is 0 Å². The molecule has 0 aliphatic rings. The van der Waals surface area contributed by atoms with Gasteiger partial charge in [-0.15, -0.1) is 0 Å². The molecule has 0 saturated carbocycles. The van der Waals surface area contributed by atoms with Gasteiger partial charge in [-0.1, -0.05) is 78.3 Å². The summed E-state index contributed by atoms with van der Waals surface area (Å²) in [6.07, 6.45) is 0.505. The summed E-state index contributed by atoms with van der Waals surface area (Å²) in [5.41, 5.74) is 1.77. The summed E-state index contributed by atoms with van der Waals surface area (Å²) in [7, 11) is -3.81. The summed E-state index contributed by atoms with van der Waals surface area (Å²) in [4.78, 5) is 12.7. The fourth-order valence-corrected chi connectivity index (χ4v) is 4.60. The van der Waals surface area contributed by atoms with Gasteiger partial charge in [-0.3, -0.25) is 4.79 Å². The Hall–Kier alpha value is -2.67. The van der Waals surface area contributed by atoms with Crippen molar-refractivity contribution in [3.05, 3.63) is 101 Å². The van der Waals surface area contributed by atoms with Crippen molar-refractivity contribution in [3.63, 3.8) is 0 Å². The summed E-state index contributed by atoms with van der Waals surface area (Å²) < 4.78 is 27.5. The first kappa shape index (κ1) is 22.0. The van der Waals surface area contributed by atoms with Crippen molar-refractivity contribution in [2.45, 2.75) is 17.9 Å². The number of nitrogens with one attached hydrogen (secondary N) is 1. The summed E-state index contributed by atoms with van der Waals surface area (Å²) in [6.45, 7) is 0.158. The maximum Gasteiger partial charge on any atom is 0.243 e. The highest BCUT2D eigenvalue weighted by Gasteiger charge is 2.26. The number of hydrogen-bond acceptors (Lipinski definition) is 3. The van der Waals surface area contributed by atoms with Crippen LogP contribution in [0.2, 0.25) is 5.02 Å². The van der Waals surface area contributed by atoms with Crippen molar-refractivity contribution in [1.82, 2.24) is 9.62 Å². The van der Waals surface area contributed by atoms with E-state index in [1.165, 1.54) is 16.4 Å². The molecule has 0 aliphatic heterocycles. The van der Waals surface area contributed by atoms with E-state index < -0.39 is 10.0 Å². The van der Waals surface area contributed by atoms with Crippen LogP contribution in [0.25, 0.3) is 0 Å². The Morgan fingerprint density at radius 2 is 1.47 bits per heavy atom. The molecule has 1 amide bonds. The van der Waals surface area contributed by atoms with Gasteiger partial charge in [0.25, 0.3) is 0 Å². The molecule has 0 aliphatic carbocycles. The molecule has 7 heteroatoms. The molecule has 0 fully saturated rings. The van der Waals surface area contributed by atoms with Gasteiger partial charge in [-0.2, -0.15) is 4.31 Å². The molecule has 0 aromatic heterocycles. The Labute approximate surface area is 182 Å². The molecule has 0 unspecified atom stereocenters. The third kappa shape index (κ3) is 5.92. The summed E-state index contributed by atoms with van der Waals surface area (Å²) in [5, 5.41) is 3.31. The average Bonchev–Trinajstić information content (AvgIpc) is 2.77. The molecule has 3 aromatic carbocycles. The Morgan fingerprint density at radius 3 is 2.13 bits per heavy atom. The molecule has 0 bridgehead atoms. The number of sulfonamides is 1. The molecular formula is C23H23ClN2O3S. The molecule has 0 heterocycles. The lowest BCUT2D eigenvalue weighted by molar-refractivity contribution is -0.121. The second-order valence-electron chi connectivity index (χ2n) is 6.76. The molecule has 0 radical (unpaired) electrons. The van der Waals surface area contributed by atoms with Gasteiger partial charge >= 0.3 is 0 Å². The largest absolute Gasteiger partial charge is 0.351 e. The maximum absolute atomic E-state index is 13.1. The van der Waals surface area contributed by atoms with Crippen LogP contribution in [0.3, 0.4) is 0 Å². The highest BCUT2D eigenvalue weighted by molar-refractivity contribution is 7.89. The normalized spacial score (nSPS) is 11.4. The number of hydrogen-bond donors (Lipinski definition) is 1.